The number of nitrogens with zero attached hydrogens (tertiary/aromatic N) is 1. The molecule has 0 saturated carbocycles. The van der Waals surface area contributed by atoms with Crippen molar-refractivity contribution in [3.05, 3.63) is 80.8 Å². The maximum absolute atomic E-state index is 12.5. The van der Waals surface area contributed by atoms with Gasteiger partial charge in [-0.05, 0) is 67.1 Å². The van der Waals surface area contributed by atoms with Crippen molar-refractivity contribution in [3.63, 3.8) is 0 Å². The summed E-state index contributed by atoms with van der Waals surface area (Å²) in [5.41, 5.74) is 3.07. The molecule has 0 heterocycles. The number of hydrazone groups is 1. The molecule has 0 aromatic heterocycles. The molecule has 12 heteroatoms. The number of nitrogens with one attached hydrogen (secondary N) is 1. The van der Waals surface area contributed by atoms with Crippen LogP contribution in [0.1, 0.15) is 22.8 Å². The minimum Gasteiger partial charge on any atom is -0.493 e. The van der Waals surface area contributed by atoms with E-state index in [4.69, 9.17) is 48.5 Å². The van der Waals surface area contributed by atoms with Crippen LogP contribution in [0.3, 0.4) is 0 Å². The van der Waals surface area contributed by atoms with Crippen molar-refractivity contribution in [2.75, 3.05) is 13.7 Å². The Kier molecular flexibility index (Phi) is 8.85. The van der Waals surface area contributed by atoms with Crippen LogP contribution in [0.5, 0.6) is 17.2 Å². The SMILES string of the molecule is CCOc1ccc(C(=O)N/N=C/c2cc(Cl)c(OS(=O)(=O)c3ccc(Cl)cc3)c(Cl)c2)cc1OC. The van der Waals surface area contributed by atoms with Crippen molar-refractivity contribution in [2.45, 2.75) is 11.8 Å². The lowest BCUT2D eigenvalue weighted by Crippen LogP contribution is -2.17. The maximum atomic E-state index is 12.5. The Bertz CT molecular complexity index is 1340. The molecule has 0 aliphatic rings. The van der Waals surface area contributed by atoms with E-state index in [1.807, 2.05) is 6.92 Å². The maximum Gasteiger partial charge on any atom is 0.339 e. The van der Waals surface area contributed by atoms with Gasteiger partial charge in [0.15, 0.2) is 17.2 Å². The van der Waals surface area contributed by atoms with E-state index in [2.05, 4.69) is 10.5 Å². The Balaban J connectivity index is 1.72. The Morgan fingerprint density at radius 1 is 1.00 bits per heavy atom. The molecule has 0 unspecified atom stereocenters. The normalized spacial score (nSPS) is 11.3. The van der Waals surface area contributed by atoms with Gasteiger partial charge in [-0.25, -0.2) is 5.43 Å². The van der Waals surface area contributed by atoms with E-state index in [0.717, 1.165) is 0 Å². The van der Waals surface area contributed by atoms with Crippen molar-refractivity contribution in [2.24, 2.45) is 5.10 Å². The number of amides is 1. The van der Waals surface area contributed by atoms with Gasteiger partial charge in [0, 0.05) is 10.6 Å². The Morgan fingerprint density at radius 3 is 2.26 bits per heavy atom. The highest BCUT2D eigenvalue weighted by molar-refractivity contribution is 7.87. The van der Waals surface area contributed by atoms with Crippen LogP contribution in [0.4, 0.5) is 0 Å². The first-order valence-corrected chi connectivity index (χ1v) is 12.5. The van der Waals surface area contributed by atoms with Crippen molar-refractivity contribution in [3.8, 4) is 17.2 Å². The lowest BCUT2D eigenvalue weighted by atomic mass is 10.2. The van der Waals surface area contributed by atoms with Crippen LogP contribution in [0.25, 0.3) is 0 Å². The summed E-state index contributed by atoms with van der Waals surface area (Å²) in [6.07, 6.45) is 1.29. The number of carbonyl (C=O) groups is 1. The van der Waals surface area contributed by atoms with Crippen LogP contribution in [-0.2, 0) is 10.1 Å². The summed E-state index contributed by atoms with van der Waals surface area (Å²) in [5.74, 6) is 0.186. The predicted octanol–water partition coefficient (Wildman–Crippen LogP) is 5.59. The van der Waals surface area contributed by atoms with Gasteiger partial charge in [0.1, 0.15) is 4.90 Å². The van der Waals surface area contributed by atoms with E-state index in [1.54, 1.807) is 12.1 Å². The summed E-state index contributed by atoms with van der Waals surface area (Å²) in [6.45, 7) is 2.29. The average molecular weight is 558 g/mol. The zero-order valence-corrected chi connectivity index (χ0v) is 21.5. The Hall–Kier alpha value is -2.98. The summed E-state index contributed by atoms with van der Waals surface area (Å²) in [5, 5.41) is 4.12. The van der Waals surface area contributed by atoms with Gasteiger partial charge in [-0.1, -0.05) is 34.8 Å². The standard InChI is InChI=1S/C23H19Cl3N2O6S/c1-3-33-20-9-4-15(12-21(20)32-2)23(29)28-27-13-14-10-18(25)22(19(26)11-14)34-35(30,31)17-7-5-16(24)6-8-17/h4-13H,3H2,1-2H3,(H,28,29)/b27-13+. The van der Waals surface area contributed by atoms with Gasteiger partial charge in [0.05, 0.1) is 30.0 Å². The van der Waals surface area contributed by atoms with Crippen LogP contribution >= 0.6 is 34.8 Å². The molecule has 1 amide bonds. The highest BCUT2D eigenvalue weighted by Gasteiger charge is 2.21. The van der Waals surface area contributed by atoms with Crippen LogP contribution in [-0.4, -0.2) is 34.3 Å². The van der Waals surface area contributed by atoms with Crippen LogP contribution < -0.4 is 19.1 Å². The Labute approximate surface area is 217 Å². The van der Waals surface area contributed by atoms with Gasteiger partial charge in [0.25, 0.3) is 5.91 Å². The molecule has 0 radical (unpaired) electrons. The fraction of sp³-hybridized carbons (Fsp3) is 0.130. The molecule has 0 fully saturated rings. The number of carbonyl (C=O) groups excluding carboxylic acids is 1. The minimum atomic E-state index is -4.20. The second-order valence-electron chi connectivity index (χ2n) is 6.80. The molecule has 3 aromatic carbocycles. The zero-order chi connectivity index (χ0) is 25.6. The van der Waals surface area contributed by atoms with E-state index in [-0.39, 0.29) is 20.7 Å². The third-order valence-corrected chi connectivity index (χ3v) is 6.47. The van der Waals surface area contributed by atoms with Gasteiger partial charge in [-0.15, -0.1) is 0 Å². The summed E-state index contributed by atoms with van der Waals surface area (Å²) >= 11 is 18.2. The van der Waals surface area contributed by atoms with Crippen molar-refractivity contribution >= 4 is 57.0 Å². The first-order chi connectivity index (χ1) is 16.6. The smallest absolute Gasteiger partial charge is 0.339 e. The molecule has 0 aliphatic heterocycles. The van der Waals surface area contributed by atoms with Crippen LogP contribution in [0.15, 0.2) is 64.6 Å². The van der Waals surface area contributed by atoms with Gasteiger partial charge in [-0.2, -0.15) is 13.5 Å². The number of hydrogen-bond donors (Lipinski definition) is 1. The van der Waals surface area contributed by atoms with Gasteiger partial charge >= 0.3 is 10.1 Å². The lowest BCUT2D eigenvalue weighted by Gasteiger charge is -2.11. The molecule has 184 valence electrons. The summed E-state index contributed by atoms with van der Waals surface area (Å²) < 4.78 is 40.8. The molecule has 3 aromatic rings. The Morgan fingerprint density at radius 2 is 1.66 bits per heavy atom. The predicted molar refractivity (Wildman–Crippen MR) is 135 cm³/mol. The van der Waals surface area contributed by atoms with Crippen molar-refractivity contribution in [1.82, 2.24) is 5.43 Å². The molecule has 0 saturated heterocycles. The van der Waals surface area contributed by atoms with Gasteiger partial charge in [0.2, 0.25) is 0 Å². The third-order valence-electron chi connectivity index (χ3n) is 4.42. The minimum absolute atomic E-state index is 0.0703. The topological polar surface area (TPSA) is 103 Å². The monoisotopic (exact) mass is 556 g/mol. The lowest BCUT2D eigenvalue weighted by molar-refractivity contribution is 0.0954. The van der Waals surface area contributed by atoms with E-state index >= 15 is 0 Å². The number of benzene rings is 3. The molecule has 3 rings (SSSR count). The molecule has 35 heavy (non-hydrogen) atoms. The van der Waals surface area contributed by atoms with Crippen molar-refractivity contribution in [1.29, 1.82) is 0 Å². The second-order valence-corrected chi connectivity index (χ2v) is 9.60. The molecule has 0 spiro atoms. The largest absolute Gasteiger partial charge is 0.493 e. The quantitative estimate of drug-likeness (QED) is 0.209. The molecule has 0 atom stereocenters. The van der Waals surface area contributed by atoms with E-state index in [1.165, 1.54) is 55.8 Å². The highest BCUT2D eigenvalue weighted by Crippen LogP contribution is 2.36. The fourth-order valence-corrected chi connectivity index (χ4v) is 4.57. The summed E-state index contributed by atoms with van der Waals surface area (Å²) in [6, 6.07) is 12.9. The van der Waals surface area contributed by atoms with Crippen molar-refractivity contribution < 1.29 is 26.9 Å². The first-order valence-electron chi connectivity index (χ1n) is 9.98. The first kappa shape index (κ1) is 26.6. The van der Waals surface area contributed by atoms with E-state index in [9.17, 15) is 13.2 Å². The number of rotatable bonds is 9. The fourth-order valence-electron chi connectivity index (χ4n) is 2.81. The second kappa shape index (κ2) is 11.6. The number of hydrogen-bond acceptors (Lipinski definition) is 7. The number of ether oxygens (including phenoxy) is 2. The van der Waals surface area contributed by atoms with Crippen LogP contribution in [0, 0.1) is 0 Å². The molecule has 0 aliphatic carbocycles. The molecule has 0 bridgehead atoms. The van der Waals surface area contributed by atoms with Gasteiger partial charge in [-0.3, -0.25) is 4.79 Å². The third kappa shape index (κ3) is 6.79. The van der Waals surface area contributed by atoms with E-state index in [0.29, 0.717) is 34.3 Å². The summed E-state index contributed by atoms with van der Waals surface area (Å²) in [4.78, 5) is 12.3. The number of methoxy groups -OCH3 is 1. The highest BCUT2D eigenvalue weighted by atomic mass is 35.5. The van der Waals surface area contributed by atoms with E-state index < -0.39 is 16.0 Å². The number of halogens is 3. The summed E-state index contributed by atoms with van der Waals surface area (Å²) in [7, 11) is -2.73. The van der Waals surface area contributed by atoms with Crippen LogP contribution in [0.2, 0.25) is 15.1 Å². The molecular weight excluding hydrogens is 539 g/mol. The zero-order valence-electron chi connectivity index (χ0n) is 18.4. The molecule has 1 N–H and O–H groups in total. The van der Waals surface area contributed by atoms with Gasteiger partial charge < -0.3 is 13.7 Å². The molecule has 8 nitrogen and oxygen atoms in total. The average Bonchev–Trinajstić information content (AvgIpc) is 2.82. The molecular formula is C23H19Cl3N2O6S.